The Balaban J connectivity index is 1.84. The molecule has 0 N–H and O–H groups in total. The van der Waals surface area contributed by atoms with Crippen LogP contribution in [-0.4, -0.2) is 24.3 Å². The Kier molecular flexibility index (Phi) is 6.74. The summed E-state index contributed by atoms with van der Waals surface area (Å²) in [5.74, 6) is -0.274. The van der Waals surface area contributed by atoms with Gasteiger partial charge >= 0.3 is 5.97 Å². The molecule has 0 amide bonds. The van der Waals surface area contributed by atoms with Crippen LogP contribution < -0.4 is 0 Å². The third-order valence-electron chi connectivity index (χ3n) is 3.86. The molecule has 126 valence electrons. The number of carbonyl (C=O) groups excluding carboxylic acids is 1. The predicted molar refractivity (Wildman–Crippen MR) is 98.8 cm³/mol. The summed E-state index contributed by atoms with van der Waals surface area (Å²) < 4.78 is 5.52. The second kappa shape index (κ2) is 9.02. The summed E-state index contributed by atoms with van der Waals surface area (Å²) in [6.07, 6.45) is 3.35. The summed E-state index contributed by atoms with van der Waals surface area (Å²) in [4.78, 5) is 16.7. The van der Waals surface area contributed by atoms with E-state index in [-0.39, 0.29) is 18.1 Å². The molecule has 2 unspecified atom stereocenters. The monoisotopic (exact) mass is 323 g/mol. The van der Waals surface area contributed by atoms with Crippen LogP contribution in [0.5, 0.6) is 0 Å². The number of nitrogens with zero attached hydrogens (tertiary/aromatic N) is 1. The second-order valence-corrected chi connectivity index (χ2v) is 6.04. The van der Waals surface area contributed by atoms with Crippen molar-refractivity contribution in [1.82, 2.24) is 0 Å². The van der Waals surface area contributed by atoms with Crippen molar-refractivity contribution < 1.29 is 9.53 Å². The normalized spacial score (nSPS) is 13.6. The van der Waals surface area contributed by atoms with Gasteiger partial charge in [0.15, 0.2) is 0 Å². The van der Waals surface area contributed by atoms with E-state index in [1.54, 1.807) is 0 Å². The molecule has 0 aromatic heterocycles. The van der Waals surface area contributed by atoms with Crippen molar-refractivity contribution in [2.75, 3.05) is 0 Å². The van der Waals surface area contributed by atoms with Crippen LogP contribution in [0.4, 0.5) is 0 Å². The summed E-state index contributed by atoms with van der Waals surface area (Å²) in [5.41, 5.74) is 2.88. The molecule has 2 aromatic rings. The highest BCUT2D eigenvalue weighted by Gasteiger charge is 2.14. The zero-order valence-corrected chi connectivity index (χ0v) is 14.6. The van der Waals surface area contributed by atoms with Gasteiger partial charge in [-0.25, -0.2) is 4.79 Å². The van der Waals surface area contributed by atoms with Crippen LogP contribution in [0.1, 0.15) is 48.7 Å². The Morgan fingerprint density at radius 2 is 1.75 bits per heavy atom. The number of carbonyl (C=O) groups is 1. The Labute approximate surface area is 144 Å². The lowest BCUT2D eigenvalue weighted by molar-refractivity contribution is 0.0315. The molecule has 0 spiro atoms. The molecule has 3 heteroatoms. The number of aliphatic imine (C=N–C) groups is 1. The molecule has 0 aliphatic heterocycles. The zero-order valence-electron chi connectivity index (χ0n) is 14.6. The molecule has 0 saturated carbocycles. The molecule has 0 radical (unpaired) electrons. The van der Waals surface area contributed by atoms with Crippen molar-refractivity contribution in [1.29, 1.82) is 0 Å². The average Bonchev–Trinajstić information content (AvgIpc) is 2.60. The van der Waals surface area contributed by atoms with Crippen molar-refractivity contribution in [3.8, 4) is 0 Å². The van der Waals surface area contributed by atoms with Gasteiger partial charge in [0, 0.05) is 12.6 Å². The lowest BCUT2D eigenvalue weighted by Crippen LogP contribution is -2.19. The standard InChI is InChI=1S/C21H25NO2/c1-4-18-10-12-20(13-11-18)21(23)24-17(3)14-16(2)22-15-19-8-6-5-7-9-19/h5-13,15-17H,4,14H2,1-3H3. The lowest BCUT2D eigenvalue weighted by atomic mass is 10.1. The van der Waals surface area contributed by atoms with Gasteiger partial charge < -0.3 is 4.74 Å². The van der Waals surface area contributed by atoms with E-state index >= 15 is 0 Å². The predicted octanol–water partition coefficient (Wildman–Crippen LogP) is 4.69. The van der Waals surface area contributed by atoms with Gasteiger partial charge in [-0.15, -0.1) is 0 Å². The van der Waals surface area contributed by atoms with Crippen LogP contribution in [-0.2, 0) is 11.2 Å². The van der Waals surface area contributed by atoms with E-state index in [1.807, 2.05) is 74.7 Å². The molecular formula is C21H25NO2. The number of aryl methyl sites for hydroxylation is 1. The van der Waals surface area contributed by atoms with Gasteiger partial charge in [0.05, 0.1) is 11.6 Å². The smallest absolute Gasteiger partial charge is 0.338 e. The topological polar surface area (TPSA) is 38.7 Å². The van der Waals surface area contributed by atoms with E-state index in [0.29, 0.717) is 12.0 Å². The minimum Gasteiger partial charge on any atom is -0.459 e. The summed E-state index contributed by atoms with van der Waals surface area (Å²) in [5, 5.41) is 0. The Hall–Kier alpha value is -2.42. The Bertz CT molecular complexity index is 662. The van der Waals surface area contributed by atoms with Crippen molar-refractivity contribution >= 4 is 12.2 Å². The first kappa shape index (κ1) is 17.9. The fraction of sp³-hybridized carbons (Fsp3) is 0.333. The highest BCUT2D eigenvalue weighted by Crippen LogP contribution is 2.11. The molecular weight excluding hydrogens is 298 g/mol. The molecule has 0 aliphatic carbocycles. The third-order valence-corrected chi connectivity index (χ3v) is 3.86. The second-order valence-electron chi connectivity index (χ2n) is 6.04. The maximum Gasteiger partial charge on any atom is 0.338 e. The summed E-state index contributed by atoms with van der Waals surface area (Å²) >= 11 is 0. The van der Waals surface area contributed by atoms with Crippen LogP contribution in [0.2, 0.25) is 0 Å². The van der Waals surface area contributed by atoms with Crippen LogP contribution >= 0.6 is 0 Å². The van der Waals surface area contributed by atoms with Gasteiger partial charge in [-0.1, -0.05) is 49.4 Å². The quantitative estimate of drug-likeness (QED) is 0.547. The molecule has 24 heavy (non-hydrogen) atoms. The van der Waals surface area contributed by atoms with Crippen molar-refractivity contribution in [3.63, 3.8) is 0 Å². The van der Waals surface area contributed by atoms with Gasteiger partial charge in [-0.2, -0.15) is 0 Å². The van der Waals surface area contributed by atoms with Gasteiger partial charge in [0.2, 0.25) is 0 Å². The first-order valence-corrected chi connectivity index (χ1v) is 8.46. The highest BCUT2D eigenvalue weighted by molar-refractivity contribution is 5.89. The fourth-order valence-corrected chi connectivity index (χ4v) is 2.47. The minimum absolute atomic E-state index is 0.0930. The van der Waals surface area contributed by atoms with E-state index in [0.717, 1.165) is 12.0 Å². The van der Waals surface area contributed by atoms with Crippen LogP contribution in [0.3, 0.4) is 0 Å². The molecule has 0 heterocycles. The number of hydrogen-bond donors (Lipinski definition) is 0. The molecule has 2 aromatic carbocycles. The highest BCUT2D eigenvalue weighted by atomic mass is 16.5. The molecule has 2 rings (SSSR count). The Morgan fingerprint density at radius 3 is 2.38 bits per heavy atom. The van der Waals surface area contributed by atoms with Gasteiger partial charge in [0.1, 0.15) is 6.10 Å². The van der Waals surface area contributed by atoms with E-state index in [2.05, 4.69) is 11.9 Å². The van der Waals surface area contributed by atoms with Crippen molar-refractivity contribution in [2.24, 2.45) is 4.99 Å². The minimum atomic E-state index is -0.274. The van der Waals surface area contributed by atoms with Crippen LogP contribution in [0.25, 0.3) is 0 Å². The number of hydrogen-bond acceptors (Lipinski definition) is 3. The molecule has 2 atom stereocenters. The van der Waals surface area contributed by atoms with Gasteiger partial charge in [-0.3, -0.25) is 4.99 Å². The summed E-state index contributed by atoms with van der Waals surface area (Å²) in [7, 11) is 0. The molecule has 0 aliphatic rings. The van der Waals surface area contributed by atoms with Crippen LogP contribution in [0, 0.1) is 0 Å². The fourth-order valence-electron chi connectivity index (χ4n) is 2.47. The Morgan fingerprint density at radius 1 is 1.08 bits per heavy atom. The molecule has 3 nitrogen and oxygen atoms in total. The average molecular weight is 323 g/mol. The van der Waals surface area contributed by atoms with E-state index in [1.165, 1.54) is 5.56 Å². The zero-order chi connectivity index (χ0) is 17.4. The number of rotatable bonds is 7. The van der Waals surface area contributed by atoms with Gasteiger partial charge in [0.25, 0.3) is 0 Å². The first-order valence-electron chi connectivity index (χ1n) is 8.46. The number of esters is 1. The summed E-state index contributed by atoms with van der Waals surface area (Å²) in [6, 6.07) is 17.7. The summed E-state index contributed by atoms with van der Waals surface area (Å²) in [6.45, 7) is 6.03. The number of benzene rings is 2. The molecule has 0 saturated heterocycles. The molecule has 0 bridgehead atoms. The van der Waals surface area contributed by atoms with E-state index in [4.69, 9.17) is 4.74 Å². The lowest BCUT2D eigenvalue weighted by Gasteiger charge is -2.15. The van der Waals surface area contributed by atoms with Gasteiger partial charge in [-0.05, 0) is 43.5 Å². The SMILES string of the molecule is CCc1ccc(C(=O)OC(C)CC(C)N=Cc2ccccc2)cc1. The molecule has 0 fully saturated rings. The van der Waals surface area contributed by atoms with Crippen LogP contribution in [0.15, 0.2) is 59.6 Å². The first-order chi connectivity index (χ1) is 11.6. The maximum atomic E-state index is 12.2. The van der Waals surface area contributed by atoms with Crippen molar-refractivity contribution in [2.45, 2.75) is 45.8 Å². The van der Waals surface area contributed by atoms with E-state index in [9.17, 15) is 4.79 Å². The largest absolute Gasteiger partial charge is 0.459 e. The van der Waals surface area contributed by atoms with Crippen molar-refractivity contribution in [3.05, 3.63) is 71.3 Å². The van der Waals surface area contributed by atoms with E-state index < -0.39 is 0 Å². The maximum absolute atomic E-state index is 12.2. The third kappa shape index (κ3) is 5.65. The number of ether oxygens (including phenoxy) is 1.